The number of fused-ring (bicyclic) bond motifs is 1. The molecule has 3 aromatic heterocycles. The minimum atomic E-state index is -1.00. The summed E-state index contributed by atoms with van der Waals surface area (Å²) in [7, 11) is 0. The van der Waals surface area contributed by atoms with Crippen molar-refractivity contribution in [2.24, 2.45) is 0 Å². The number of thiazole rings is 1. The minimum Gasteiger partial charge on any atom is -0.372 e. The van der Waals surface area contributed by atoms with E-state index >= 15 is 0 Å². The Morgan fingerprint density at radius 1 is 1.19 bits per heavy atom. The van der Waals surface area contributed by atoms with E-state index in [1.165, 1.54) is 17.4 Å². The number of pyridine rings is 1. The number of nitrogens with zero attached hydrogens (tertiary/aromatic N) is 5. The molecule has 1 aromatic carbocycles. The van der Waals surface area contributed by atoms with Crippen LogP contribution in [0, 0.1) is 12.7 Å². The zero-order valence-electron chi connectivity index (χ0n) is 19.6. The highest BCUT2D eigenvalue weighted by atomic mass is 32.1. The van der Waals surface area contributed by atoms with Crippen molar-refractivity contribution in [3.63, 3.8) is 0 Å². The lowest BCUT2D eigenvalue weighted by molar-refractivity contribution is -0.0526. The third kappa shape index (κ3) is 5.25. The first-order chi connectivity index (χ1) is 17.4. The van der Waals surface area contributed by atoms with Crippen LogP contribution < -0.4 is 16.0 Å². The lowest BCUT2D eigenvalue weighted by Gasteiger charge is -2.42. The van der Waals surface area contributed by atoms with Crippen molar-refractivity contribution >= 4 is 39.4 Å². The van der Waals surface area contributed by atoms with Crippen molar-refractivity contribution in [2.45, 2.75) is 32.2 Å². The molecule has 2 atom stereocenters. The number of likely N-dealkylation sites (tertiary alicyclic amines) is 1. The lowest BCUT2D eigenvalue weighted by Crippen LogP contribution is -2.60. The Hall–Kier alpha value is -3.74. The average Bonchev–Trinajstić information content (AvgIpc) is 3.21. The molecular formula is C24H25FN8O2S. The van der Waals surface area contributed by atoms with Gasteiger partial charge in [0.1, 0.15) is 11.5 Å². The first-order valence-electron chi connectivity index (χ1n) is 11.4. The Morgan fingerprint density at radius 3 is 2.72 bits per heavy atom. The zero-order valence-corrected chi connectivity index (χ0v) is 20.5. The number of carbonyl (C=O) groups excluding carboxylic acids is 1. The van der Waals surface area contributed by atoms with Crippen LogP contribution in [0.15, 0.2) is 48.8 Å². The highest BCUT2D eigenvalue weighted by Crippen LogP contribution is 2.32. The maximum Gasteiger partial charge on any atom is 0.319 e. The molecule has 0 radical (unpaired) electrons. The maximum atomic E-state index is 13.6. The number of aliphatic hydroxyl groups excluding tert-OH is 1. The van der Waals surface area contributed by atoms with E-state index in [1.54, 1.807) is 6.20 Å². The second-order valence-corrected chi connectivity index (χ2v) is 9.81. The molecule has 36 heavy (non-hydrogen) atoms. The van der Waals surface area contributed by atoms with E-state index < -0.39 is 12.0 Å². The molecule has 2 amide bonds. The summed E-state index contributed by atoms with van der Waals surface area (Å²) >= 11 is 1.41. The maximum absolute atomic E-state index is 13.6. The standard InChI is InChI=1S/C24H25FN8O2S/c1-13(15-8-16(25)10-26-9-15)27-23-31-19(20-21(32-23)28-14(2)36-20)22(34)33-11-18(12-33)30-24(35)29-17-6-4-3-5-7-17/h3-10,13,18,22,34H,11-12H2,1-2H3,(H,27,31,32)(H2,29,30,35). The summed E-state index contributed by atoms with van der Waals surface area (Å²) in [6, 6.07) is 9.86. The van der Waals surface area contributed by atoms with Crippen LogP contribution in [0.1, 0.15) is 35.5 Å². The van der Waals surface area contributed by atoms with Gasteiger partial charge in [0.25, 0.3) is 0 Å². The molecule has 1 aliphatic rings. The fourth-order valence-corrected chi connectivity index (χ4v) is 4.85. The third-order valence-corrected chi connectivity index (χ3v) is 6.81. The summed E-state index contributed by atoms with van der Waals surface area (Å²) in [5.41, 5.74) is 2.26. The van der Waals surface area contributed by atoms with Gasteiger partial charge in [0.15, 0.2) is 11.9 Å². The predicted molar refractivity (Wildman–Crippen MR) is 135 cm³/mol. The molecule has 4 N–H and O–H groups in total. The van der Waals surface area contributed by atoms with Crippen molar-refractivity contribution in [2.75, 3.05) is 23.7 Å². The zero-order chi connectivity index (χ0) is 25.2. The van der Waals surface area contributed by atoms with Gasteiger partial charge in [-0.2, -0.15) is 4.98 Å². The van der Waals surface area contributed by atoms with Crippen LogP contribution in [0.3, 0.4) is 0 Å². The van der Waals surface area contributed by atoms with Crippen LogP contribution in [0.5, 0.6) is 0 Å². The van der Waals surface area contributed by atoms with Gasteiger partial charge in [-0.25, -0.2) is 19.2 Å². The van der Waals surface area contributed by atoms with Crippen LogP contribution in [0.2, 0.25) is 0 Å². The number of para-hydroxylation sites is 1. The molecule has 4 heterocycles. The van der Waals surface area contributed by atoms with Crippen molar-refractivity contribution in [1.29, 1.82) is 0 Å². The number of aliphatic hydroxyl groups is 1. The van der Waals surface area contributed by atoms with Gasteiger partial charge in [0, 0.05) is 25.0 Å². The first-order valence-corrected chi connectivity index (χ1v) is 12.2. The van der Waals surface area contributed by atoms with Gasteiger partial charge in [-0.3, -0.25) is 9.88 Å². The number of amides is 2. The van der Waals surface area contributed by atoms with E-state index in [1.807, 2.05) is 49.1 Å². The van der Waals surface area contributed by atoms with Gasteiger partial charge in [-0.15, -0.1) is 11.3 Å². The van der Waals surface area contributed by atoms with E-state index in [0.29, 0.717) is 40.4 Å². The van der Waals surface area contributed by atoms with Crippen molar-refractivity contribution in [3.8, 4) is 0 Å². The number of benzene rings is 1. The van der Waals surface area contributed by atoms with Crippen LogP contribution in [0.4, 0.5) is 20.8 Å². The Bertz CT molecular complexity index is 1380. The molecule has 4 aromatic rings. The molecule has 1 aliphatic heterocycles. The Balaban J connectivity index is 1.27. The highest BCUT2D eigenvalue weighted by Gasteiger charge is 2.35. The van der Waals surface area contributed by atoms with Crippen molar-refractivity contribution in [3.05, 3.63) is 70.9 Å². The summed E-state index contributed by atoms with van der Waals surface area (Å²) in [6.45, 7) is 4.63. The average molecular weight is 509 g/mol. The number of nitrogens with one attached hydrogen (secondary N) is 3. The summed E-state index contributed by atoms with van der Waals surface area (Å²) < 4.78 is 14.3. The van der Waals surface area contributed by atoms with Crippen LogP contribution in [-0.4, -0.2) is 55.1 Å². The second-order valence-electron chi connectivity index (χ2n) is 8.61. The number of anilines is 2. The largest absolute Gasteiger partial charge is 0.372 e. The smallest absolute Gasteiger partial charge is 0.319 e. The van der Waals surface area contributed by atoms with E-state index in [2.05, 4.69) is 35.9 Å². The van der Waals surface area contributed by atoms with E-state index in [9.17, 15) is 14.3 Å². The van der Waals surface area contributed by atoms with Crippen LogP contribution in [-0.2, 0) is 0 Å². The third-order valence-electron chi connectivity index (χ3n) is 5.83. The fraction of sp³-hybridized carbons (Fsp3) is 0.292. The summed E-state index contributed by atoms with van der Waals surface area (Å²) in [5.74, 6) is -0.154. The molecule has 0 spiro atoms. The minimum absolute atomic E-state index is 0.109. The van der Waals surface area contributed by atoms with E-state index in [4.69, 9.17) is 0 Å². The Labute approximate surface area is 210 Å². The predicted octanol–water partition coefficient (Wildman–Crippen LogP) is 3.60. The summed E-state index contributed by atoms with van der Waals surface area (Å²) in [4.78, 5) is 31.5. The summed E-state index contributed by atoms with van der Waals surface area (Å²) in [6.07, 6.45) is 1.71. The molecule has 10 nitrogen and oxygen atoms in total. The number of aromatic nitrogens is 4. The second kappa shape index (κ2) is 10.1. The molecule has 0 aliphatic carbocycles. The quantitative estimate of drug-likeness (QED) is 0.298. The highest BCUT2D eigenvalue weighted by molar-refractivity contribution is 7.18. The normalized spacial score (nSPS) is 15.8. The van der Waals surface area contributed by atoms with Gasteiger partial charge in [-0.05, 0) is 37.6 Å². The molecule has 12 heteroatoms. The molecule has 0 bridgehead atoms. The number of urea groups is 1. The summed E-state index contributed by atoms with van der Waals surface area (Å²) in [5, 5.41) is 20.8. The molecule has 5 rings (SSSR count). The van der Waals surface area contributed by atoms with Crippen LogP contribution >= 0.6 is 11.3 Å². The monoisotopic (exact) mass is 508 g/mol. The number of aryl methyl sites for hydroxylation is 1. The van der Waals surface area contributed by atoms with Gasteiger partial charge in [-0.1, -0.05) is 18.2 Å². The first kappa shape index (κ1) is 24.0. The molecular weight excluding hydrogens is 483 g/mol. The van der Waals surface area contributed by atoms with E-state index in [-0.39, 0.29) is 24.1 Å². The number of hydrogen-bond acceptors (Lipinski definition) is 9. The number of carbonyl (C=O) groups is 1. The van der Waals surface area contributed by atoms with Crippen LogP contribution in [0.25, 0.3) is 10.3 Å². The number of hydrogen-bond donors (Lipinski definition) is 4. The molecule has 1 saturated heterocycles. The van der Waals surface area contributed by atoms with Crippen molar-refractivity contribution < 1.29 is 14.3 Å². The number of rotatable bonds is 7. The fourth-order valence-electron chi connectivity index (χ4n) is 3.98. The molecule has 1 fully saturated rings. The number of halogens is 1. The van der Waals surface area contributed by atoms with Gasteiger partial charge in [0.2, 0.25) is 5.95 Å². The van der Waals surface area contributed by atoms with Gasteiger partial charge in [0.05, 0.1) is 28.0 Å². The van der Waals surface area contributed by atoms with E-state index in [0.717, 1.165) is 11.2 Å². The van der Waals surface area contributed by atoms with Gasteiger partial charge >= 0.3 is 6.03 Å². The Kier molecular flexibility index (Phi) is 6.72. The Morgan fingerprint density at radius 2 is 1.97 bits per heavy atom. The van der Waals surface area contributed by atoms with Gasteiger partial charge < -0.3 is 21.1 Å². The molecule has 0 saturated carbocycles. The molecule has 2 unspecified atom stereocenters. The molecule has 186 valence electrons. The topological polar surface area (TPSA) is 128 Å². The lowest BCUT2D eigenvalue weighted by atomic mass is 10.1. The van der Waals surface area contributed by atoms with Crippen molar-refractivity contribution in [1.82, 2.24) is 30.2 Å². The SMILES string of the molecule is Cc1nc2nc(NC(C)c3cncc(F)c3)nc(C(O)N3CC(NC(=O)Nc4ccccc4)C3)c2s1.